The SMILES string of the molecule is C=C1C[C@@]23C[C@H]1[C@H](O)C[C@H]2[C@@]1(C)CCC[C@@](C)(C(=O)O)[C@H]1[C@@H]3C(=O)O. The molecule has 0 amide bonds. The number of rotatable bonds is 2. The van der Waals surface area contributed by atoms with Crippen molar-refractivity contribution in [2.75, 3.05) is 0 Å². The van der Waals surface area contributed by atoms with Crippen molar-refractivity contribution in [3.05, 3.63) is 12.2 Å². The minimum absolute atomic E-state index is 0.0297. The van der Waals surface area contributed by atoms with Gasteiger partial charge in [-0.15, -0.1) is 0 Å². The van der Waals surface area contributed by atoms with E-state index in [0.717, 1.165) is 18.4 Å². The number of aliphatic carboxylic acids is 2. The lowest BCUT2D eigenvalue weighted by Crippen LogP contribution is -2.50. The standard InChI is InChI=1S/C20H28O5/c1-10-8-20-9-11(10)12(21)7-13(20)18(2)5-4-6-19(3,17(24)25)15(18)14(20)16(22)23/h11-15,21H,1,4-9H2,2-3H3,(H,22,23)(H,24,25)/t11-,12-,13+,14-,15+,18-,19-,20-/m1/s1. The van der Waals surface area contributed by atoms with Crippen molar-refractivity contribution in [2.24, 2.45) is 39.9 Å². The Balaban J connectivity index is 1.93. The summed E-state index contributed by atoms with van der Waals surface area (Å²) in [6.07, 6.45) is 3.55. The van der Waals surface area contributed by atoms with E-state index in [0.29, 0.717) is 25.7 Å². The zero-order valence-electron chi connectivity index (χ0n) is 15.0. The van der Waals surface area contributed by atoms with E-state index in [1.54, 1.807) is 6.92 Å². The summed E-state index contributed by atoms with van der Waals surface area (Å²) in [5.41, 5.74) is -0.856. The third-order valence-corrected chi connectivity index (χ3v) is 8.63. The molecule has 0 heterocycles. The van der Waals surface area contributed by atoms with E-state index in [1.165, 1.54) is 0 Å². The summed E-state index contributed by atoms with van der Waals surface area (Å²) in [6.45, 7) is 7.99. The van der Waals surface area contributed by atoms with Crippen LogP contribution in [-0.4, -0.2) is 33.4 Å². The number of aliphatic hydroxyl groups excluding tert-OH is 1. The van der Waals surface area contributed by atoms with E-state index in [1.807, 2.05) is 0 Å². The molecule has 4 aliphatic rings. The molecule has 4 fully saturated rings. The second kappa shape index (κ2) is 4.87. The van der Waals surface area contributed by atoms with Crippen molar-refractivity contribution in [1.82, 2.24) is 0 Å². The molecule has 8 atom stereocenters. The molecule has 2 bridgehead atoms. The van der Waals surface area contributed by atoms with Gasteiger partial charge in [0, 0.05) is 5.92 Å². The first-order valence-electron chi connectivity index (χ1n) is 9.40. The average Bonchev–Trinajstić information content (AvgIpc) is 2.92. The average molecular weight is 348 g/mol. The lowest BCUT2D eigenvalue weighted by molar-refractivity contribution is -0.166. The molecule has 0 aromatic heterocycles. The lowest BCUT2D eigenvalue weighted by atomic mass is 9.53. The molecule has 0 radical (unpaired) electrons. The van der Waals surface area contributed by atoms with E-state index in [4.69, 9.17) is 0 Å². The molecular weight excluding hydrogens is 320 g/mol. The Hall–Kier alpha value is -1.36. The fourth-order valence-corrected chi connectivity index (χ4v) is 7.85. The molecular formula is C20H28O5. The Morgan fingerprint density at radius 1 is 1.20 bits per heavy atom. The summed E-state index contributed by atoms with van der Waals surface area (Å²) >= 11 is 0. The molecule has 0 aromatic rings. The van der Waals surface area contributed by atoms with Crippen molar-refractivity contribution in [2.45, 2.75) is 58.5 Å². The highest BCUT2D eigenvalue weighted by atomic mass is 16.4. The van der Waals surface area contributed by atoms with Crippen molar-refractivity contribution < 1.29 is 24.9 Å². The van der Waals surface area contributed by atoms with E-state index >= 15 is 0 Å². The molecule has 4 aliphatic carbocycles. The summed E-state index contributed by atoms with van der Waals surface area (Å²) in [5, 5.41) is 30.9. The van der Waals surface area contributed by atoms with Crippen LogP contribution in [0.1, 0.15) is 52.4 Å². The van der Waals surface area contributed by atoms with Gasteiger partial charge in [-0.2, -0.15) is 0 Å². The zero-order valence-corrected chi connectivity index (χ0v) is 15.0. The first kappa shape index (κ1) is 17.1. The van der Waals surface area contributed by atoms with Gasteiger partial charge >= 0.3 is 11.9 Å². The van der Waals surface area contributed by atoms with Crippen molar-refractivity contribution >= 4 is 11.9 Å². The van der Waals surface area contributed by atoms with Crippen molar-refractivity contribution in [1.29, 1.82) is 0 Å². The van der Waals surface area contributed by atoms with Crippen LogP contribution in [0.5, 0.6) is 0 Å². The predicted molar refractivity (Wildman–Crippen MR) is 90.7 cm³/mol. The van der Waals surface area contributed by atoms with E-state index in [2.05, 4.69) is 13.5 Å². The first-order chi connectivity index (χ1) is 11.6. The Kier molecular flexibility index (Phi) is 3.33. The Bertz CT molecular complexity index is 671. The van der Waals surface area contributed by atoms with E-state index in [-0.39, 0.29) is 17.3 Å². The molecule has 0 aliphatic heterocycles. The van der Waals surface area contributed by atoms with Gasteiger partial charge in [0.05, 0.1) is 17.4 Å². The van der Waals surface area contributed by atoms with Crippen LogP contribution in [0.2, 0.25) is 0 Å². The molecule has 4 rings (SSSR count). The van der Waals surface area contributed by atoms with Crippen LogP contribution >= 0.6 is 0 Å². The second-order valence-electron chi connectivity index (χ2n) is 9.61. The maximum atomic E-state index is 12.4. The van der Waals surface area contributed by atoms with Crippen LogP contribution in [-0.2, 0) is 9.59 Å². The molecule has 25 heavy (non-hydrogen) atoms. The highest BCUT2D eigenvalue weighted by Gasteiger charge is 2.76. The van der Waals surface area contributed by atoms with Crippen LogP contribution in [0.4, 0.5) is 0 Å². The fraction of sp³-hybridized carbons (Fsp3) is 0.800. The number of hydrogen-bond donors (Lipinski definition) is 3. The Morgan fingerprint density at radius 2 is 1.88 bits per heavy atom. The van der Waals surface area contributed by atoms with Crippen LogP contribution < -0.4 is 0 Å². The fourth-order valence-electron chi connectivity index (χ4n) is 7.85. The Labute approximate surface area is 148 Å². The third-order valence-electron chi connectivity index (χ3n) is 8.63. The Morgan fingerprint density at radius 3 is 2.48 bits per heavy atom. The molecule has 5 nitrogen and oxygen atoms in total. The largest absolute Gasteiger partial charge is 0.481 e. The van der Waals surface area contributed by atoms with Gasteiger partial charge in [-0.05, 0) is 61.7 Å². The maximum Gasteiger partial charge on any atom is 0.309 e. The van der Waals surface area contributed by atoms with Gasteiger partial charge in [-0.3, -0.25) is 9.59 Å². The van der Waals surface area contributed by atoms with Crippen LogP contribution in [0.15, 0.2) is 12.2 Å². The van der Waals surface area contributed by atoms with Gasteiger partial charge in [-0.25, -0.2) is 0 Å². The molecule has 1 spiro atoms. The number of carboxylic acid groups (broad SMARTS) is 2. The number of aliphatic hydroxyl groups is 1. The molecule has 0 saturated heterocycles. The summed E-state index contributed by atoms with van der Waals surface area (Å²) in [6, 6.07) is 0. The summed E-state index contributed by atoms with van der Waals surface area (Å²) < 4.78 is 0. The number of carboxylic acids is 2. The molecule has 4 saturated carbocycles. The minimum Gasteiger partial charge on any atom is -0.481 e. The molecule has 0 unspecified atom stereocenters. The molecule has 5 heteroatoms. The van der Waals surface area contributed by atoms with Gasteiger partial charge in [0.15, 0.2) is 0 Å². The summed E-state index contributed by atoms with van der Waals surface area (Å²) in [5.74, 6) is -2.78. The van der Waals surface area contributed by atoms with Gasteiger partial charge in [0.1, 0.15) is 0 Å². The highest BCUT2D eigenvalue weighted by Crippen LogP contribution is 2.77. The maximum absolute atomic E-state index is 12.4. The van der Waals surface area contributed by atoms with Crippen molar-refractivity contribution in [3.63, 3.8) is 0 Å². The lowest BCUT2D eigenvalue weighted by Gasteiger charge is -2.50. The van der Waals surface area contributed by atoms with E-state index < -0.39 is 40.7 Å². The normalized spacial score (nSPS) is 54.0. The van der Waals surface area contributed by atoms with Crippen LogP contribution in [0.25, 0.3) is 0 Å². The molecule has 3 N–H and O–H groups in total. The predicted octanol–water partition coefficient (Wildman–Crippen LogP) is 2.93. The van der Waals surface area contributed by atoms with E-state index in [9.17, 15) is 24.9 Å². The minimum atomic E-state index is -1.02. The molecule has 138 valence electrons. The molecule has 0 aromatic carbocycles. The summed E-state index contributed by atoms with van der Waals surface area (Å²) in [7, 11) is 0. The van der Waals surface area contributed by atoms with Gasteiger partial charge in [0.25, 0.3) is 0 Å². The van der Waals surface area contributed by atoms with Crippen LogP contribution in [0, 0.1) is 39.9 Å². The van der Waals surface area contributed by atoms with Gasteiger partial charge in [-0.1, -0.05) is 25.5 Å². The van der Waals surface area contributed by atoms with Gasteiger partial charge in [0.2, 0.25) is 0 Å². The first-order valence-corrected chi connectivity index (χ1v) is 9.40. The zero-order chi connectivity index (χ0) is 18.4. The second-order valence-corrected chi connectivity index (χ2v) is 9.61. The number of carbonyl (C=O) groups is 2. The number of fused-ring (bicyclic) bond motifs is 3. The quantitative estimate of drug-likeness (QED) is 0.667. The monoisotopic (exact) mass is 348 g/mol. The smallest absolute Gasteiger partial charge is 0.309 e. The number of hydrogen-bond acceptors (Lipinski definition) is 3. The van der Waals surface area contributed by atoms with Crippen molar-refractivity contribution in [3.8, 4) is 0 Å². The van der Waals surface area contributed by atoms with Crippen LogP contribution in [0.3, 0.4) is 0 Å². The highest BCUT2D eigenvalue weighted by molar-refractivity contribution is 5.79. The topological polar surface area (TPSA) is 94.8 Å². The third kappa shape index (κ3) is 1.83. The summed E-state index contributed by atoms with van der Waals surface area (Å²) in [4.78, 5) is 24.7. The van der Waals surface area contributed by atoms with Gasteiger partial charge < -0.3 is 15.3 Å².